The zero-order valence-electron chi connectivity index (χ0n) is 12.9. The van der Waals surface area contributed by atoms with Gasteiger partial charge in [0.2, 0.25) is 0 Å². The molecule has 1 N–H and O–H groups in total. The number of aryl methyl sites for hydroxylation is 1. The Morgan fingerprint density at radius 1 is 1.45 bits per heavy atom. The van der Waals surface area contributed by atoms with Gasteiger partial charge < -0.3 is 14.8 Å². The van der Waals surface area contributed by atoms with E-state index in [4.69, 9.17) is 0 Å². The van der Waals surface area contributed by atoms with Gasteiger partial charge in [0.15, 0.2) is 0 Å². The number of amides is 2. The Balaban J connectivity index is 1.62. The summed E-state index contributed by atoms with van der Waals surface area (Å²) >= 11 is 1.64. The maximum absolute atomic E-state index is 12.4. The minimum Gasteiger partial charge on any atom is -0.337 e. The molecule has 0 saturated carbocycles. The van der Waals surface area contributed by atoms with Gasteiger partial charge in [-0.2, -0.15) is 11.3 Å². The fourth-order valence-corrected chi connectivity index (χ4v) is 3.39. The highest BCUT2D eigenvalue weighted by Crippen LogP contribution is 2.22. The van der Waals surface area contributed by atoms with E-state index in [1.165, 1.54) is 0 Å². The van der Waals surface area contributed by atoms with Crippen molar-refractivity contribution in [3.63, 3.8) is 0 Å². The number of nitrogens with zero attached hydrogens (tertiary/aromatic N) is 4. The van der Waals surface area contributed by atoms with Crippen molar-refractivity contribution in [1.82, 2.24) is 24.7 Å². The molecule has 0 unspecified atom stereocenters. The molecular formula is C15H21N5OS. The molecular weight excluding hydrogens is 298 g/mol. The zero-order valence-corrected chi connectivity index (χ0v) is 13.7. The van der Waals surface area contributed by atoms with E-state index in [0.717, 1.165) is 24.5 Å². The number of aromatic nitrogens is 2. The summed E-state index contributed by atoms with van der Waals surface area (Å²) in [4.78, 5) is 20.9. The quantitative estimate of drug-likeness (QED) is 0.936. The molecule has 1 aliphatic rings. The van der Waals surface area contributed by atoms with Crippen LogP contribution in [0.3, 0.4) is 0 Å². The third-order valence-corrected chi connectivity index (χ3v) is 4.85. The maximum Gasteiger partial charge on any atom is 0.317 e. The second kappa shape index (κ2) is 6.50. The molecule has 2 aromatic heterocycles. The molecule has 0 bridgehead atoms. The van der Waals surface area contributed by atoms with Gasteiger partial charge in [0, 0.05) is 45.6 Å². The van der Waals surface area contributed by atoms with Crippen molar-refractivity contribution in [2.75, 3.05) is 26.7 Å². The molecule has 0 aromatic carbocycles. The lowest BCUT2D eigenvalue weighted by Gasteiger charge is -2.38. The van der Waals surface area contributed by atoms with Gasteiger partial charge in [-0.25, -0.2) is 9.78 Å². The molecule has 1 saturated heterocycles. The molecule has 3 heterocycles. The van der Waals surface area contributed by atoms with Gasteiger partial charge in [0.1, 0.15) is 5.82 Å². The van der Waals surface area contributed by atoms with Crippen LogP contribution >= 0.6 is 11.3 Å². The second-order valence-electron chi connectivity index (χ2n) is 5.63. The third-order valence-electron chi connectivity index (χ3n) is 4.12. The Labute approximate surface area is 134 Å². The number of hydrogen-bond acceptors (Lipinski definition) is 4. The number of thiophene rings is 1. The highest BCUT2D eigenvalue weighted by atomic mass is 32.1. The highest BCUT2D eigenvalue weighted by molar-refractivity contribution is 7.07. The molecule has 1 atom stereocenters. The minimum atomic E-state index is -0.00138. The highest BCUT2D eigenvalue weighted by Gasteiger charge is 2.30. The average Bonchev–Trinajstić information content (AvgIpc) is 3.17. The summed E-state index contributed by atoms with van der Waals surface area (Å²) in [6.07, 6.45) is 3.75. The van der Waals surface area contributed by atoms with Crippen LogP contribution in [0, 0.1) is 0 Å². The molecule has 1 aliphatic heterocycles. The number of likely N-dealkylation sites (N-methyl/N-ethyl adjacent to an activating group) is 1. The van der Waals surface area contributed by atoms with Crippen LogP contribution in [-0.2, 0) is 13.6 Å². The first-order valence-electron chi connectivity index (χ1n) is 7.36. The molecule has 3 rings (SSSR count). The van der Waals surface area contributed by atoms with Crippen LogP contribution in [0.5, 0.6) is 0 Å². The van der Waals surface area contributed by atoms with Gasteiger partial charge in [-0.3, -0.25) is 4.90 Å². The first kappa shape index (κ1) is 15.1. The van der Waals surface area contributed by atoms with Crippen molar-refractivity contribution in [2.24, 2.45) is 7.05 Å². The maximum atomic E-state index is 12.4. The zero-order chi connectivity index (χ0) is 15.5. The van der Waals surface area contributed by atoms with Gasteiger partial charge in [-0.15, -0.1) is 0 Å². The Bertz CT molecular complexity index is 624. The van der Waals surface area contributed by atoms with E-state index in [2.05, 4.69) is 27.6 Å². The summed E-state index contributed by atoms with van der Waals surface area (Å²) < 4.78 is 2.02. The minimum absolute atomic E-state index is 0.00138. The molecule has 1 fully saturated rings. The third kappa shape index (κ3) is 3.15. The Hall–Kier alpha value is -1.86. The number of carbonyl (C=O) groups excluding carboxylic acids is 1. The monoisotopic (exact) mass is 319 g/mol. The Morgan fingerprint density at radius 2 is 2.32 bits per heavy atom. The Morgan fingerprint density at radius 3 is 3.00 bits per heavy atom. The number of urea groups is 1. The lowest BCUT2D eigenvalue weighted by Crippen LogP contribution is -2.52. The van der Waals surface area contributed by atoms with E-state index in [1.807, 2.05) is 34.2 Å². The topological polar surface area (TPSA) is 53.4 Å². The van der Waals surface area contributed by atoms with E-state index in [-0.39, 0.29) is 12.1 Å². The van der Waals surface area contributed by atoms with Gasteiger partial charge >= 0.3 is 6.03 Å². The predicted molar refractivity (Wildman–Crippen MR) is 86.7 cm³/mol. The SMILES string of the molecule is CN1CCN(C(=O)NCc2ccsc2)C[C@@H]1c1nccn1C. The second-order valence-corrected chi connectivity index (χ2v) is 6.41. The average molecular weight is 319 g/mol. The molecule has 7 heteroatoms. The van der Waals surface area contributed by atoms with Crippen molar-refractivity contribution in [2.45, 2.75) is 12.6 Å². The van der Waals surface area contributed by atoms with Gasteiger partial charge in [-0.1, -0.05) is 0 Å². The van der Waals surface area contributed by atoms with Crippen LogP contribution in [-0.4, -0.2) is 52.1 Å². The van der Waals surface area contributed by atoms with E-state index >= 15 is 0 Å². The molecule has 22 heavy (non-hydrogen) atoms. The summed E-state index contributed by atoms with van der Waals surface area (Å²) in [6, 6.07) is 2.17. The number of carbonyl (C=O) groups is 1. The summed E-state index contributed by atoms with van der Waals surface area (Å²) in [5.74, 6) is 0.998. The van der Waals surface area contributed by atoms with Crippen LogP contribution in [0.15, 0.2) is 29.2 Å². The molecule has 0 aliphatic carbocycles. The van der Waals surface area contributed by atoms with E-state index in [0.29, 0.717) is 13.1 Å². The predicted octanol–water partition coefficient (Wildman–Crippen LogP) is 1.68. The lowest BCUT2D eigenvalue weighted by atomic mass is 10.1. The van der Waals surface area contributed by atoms with E-state index in [1.54, 1.807) is 17.5 Å². The number of piperazine rings is 1. The number of nitrogens with one attached hydrogen (secondary N) is 1. The van der Waals surface area contributed by atoms with Crippen LogP contribution in [0.2, 0.25) is 0 Å². The van der Waals surface area contributed by atoms with Gasteiger partial charge in [0.05, 0.1) is 6.04 Å². The van der Waals surface area contributed by atoms with Gasteiger partial charge in [0.25, 0.3) is 0 Å². The smallest absolute Gasteiger partial charge is 0.317 e. The molecule has 118 valence electrons. The summed E-state index contributed by atoms with van der Waals surface area (Å²) in [5, 5.41) is 7.08. The molecule has 2 aromatic rings. The molecule has 0 radical (unpaired) electrons. The van der Waals surface area contributed by atoms with Gasteiger partial charge in [-0.05, 0) is 29.4 Å². The van der Waals surface area contributed by atoms with Crippen molar-refractivity contribution < 1.29 is 4.79 Å². The van der Waals surface area contributed by atoms with Crippen molar-refractivity contribution in [1.29, 1.82) is 0 Å². The number of rotatable bonds is 3. The number of imidazole rings is 1. The normalized spacial score (nSPS) is 19.4. The summed E-state index contributed by atoms with van der Waals surface area (Å²) in [5.41, 5.74) is 1.15. The van der Waals surface area contributed by atoms with Crippen molar-refractivity contribution in [3.05, 3.63) is 40.6 Å². The van der Waals surface area contributed by atoms with Crippen LogP contribution < -0.4 is 5.32 Å². The summed E-state index contributed by atoms with van der Waals surface area (Å²) in [6.45, 7) is 2.84. The van der Waals surface area contributed by atoms with Crippen molar-refractivity contribution >= 4 is 17.4 Å². The lowest BCUT2D eigenvalue weighted by molar-refractivity contribution is 0.104. The van der Waals surface area contributed by atoms with Crippen LogP contribution in [0.4, 0.5) is 4.79 Å². The first-order chi connectivity index (χ1) is 10.6. The van der Waals surface area contributed by atoms with E-state index < -0.39 is 0 Å². The fourth-order valence-electron chi connectivity index (χ4n) is 2.72. The first-order valence-corrected chi connectivity index (χ1v) is 8.30. The van der Waals surface area contributed by atoms with E-state index in [9.17, 15) is 4.79 Å². The number of hydrogen-bond donors (Lipinski definition) is 1. The molecule has 6 nitrogen and oxygen atoms in total. The van der Waals surface area contributed by atoms with Crippen LogP contribution in [0.25, 0.3) is 0 Å². The van der Waals surface area contributed by atoms with Crippen LogP contribution in [0.1, 0.15) is 17.4 Å². The largest absolute Gasteiger partial charge is 0.337 e. The fraction of sp³-hybridized carbons (Fsp3) is 0.467. The Kier molecular flexibility index (Phi) is 4.44. The molecule has 0 spiro atoms. The summed E-state index contributed by atoms with van der Waals surface area (Å²) in [7, 11) is 4.08. The standard InChI is InChI=1S/C15H21N5OS/c1-18-6-7-20(10-13(18)14-16-4-5-19(14)2)15(21)17-9-12-3-8-22-11-12/h3-5,8,11,13H,6-7,9-10H2,1-2H3,(H,17,21)/t13-/m1/s1. The van der Waals surface area contributed by atoms with Crippen molar-refractivity contribution in [3.8, 4) is 0 Å². The molecule has 2 amide bonds.